The molecule has 0 amide bonds. The van der Waals surface area contributed by atoms with Gasteiger partial charge in [-0.2, -0.15) is 0 Å². The number of guanidine groups is 1. The molecule has 1 aliphatic heterocycles. The van der Waals surface area contributed by atoms with Gasteiger partial charge in [0, 0.05) is 38.3 Å². The second-order valence-electron chi connectivity index (χ2n) is 7.52. The van der Waals surface area contributed by atoms with Crippen molar-refractivity contribution in [3.8, 4) is 0 Å². The van der Waals surface area contributed by atoms with Crippen LogP contribution in [0.5, 0.6) is 0 Å². The zero-order valence-electron chi connectivity index (χ0n) is 17.8. The minimum Gasteiger partial charge on any atom is -0.359 e. The average molecular weight is 511 g/mol. The van der Waals surface area contributed by atoms with Gasteiger partial charge in [-0.15, -0.1) is 24.0 Å². The number of aromatic nitrogens is 1. The number of hydrogen-bond donors (Lipinski definition) is 2. The van der Waals surface area contributed by atoms with E-state index in [-0.39, 0.29) is 24.0 Å². The molecule has 1 saturated heterocycles. The van der Waals surface area contributed by atoms with E-state index in [2.05, 4.69) is 70.7 Å². The monoisotopic (exact) mass is 511 g/mol. The summed E-state index contributed by atoms with van der Waals surface area (Å²) in [7, 11) is 0. The molecule has 0 radical (unpaired) electrons. The van der Waals surface area contributed by atoms with Gasteiger partial charge in [0.2, 0.25) is 0 Å². The van der Waals surface area contributed by atoms with Crippen LogP contribution in [0.3, 0.4) is 0 Å². The van der Waals surface area contributed by atoms with Crippen molar-refractivity contribution in [1.82, 2.24) is 20.7 Å². The number of nitrogens with one attached hydrogen (secondary N) is 2. The molecule has 2 aromatic rings. The van der Waals surface area contributed by atoms with Crippen LogP contribution in [0.15, 0.2) is 39.8 Å². The molecule has 160 valence electrons. The lowest BCUT2D eigenvalue weighted by atomic mass is 10.0. The maximum absolute atomic E-state index is 5.33. The van der Waals surface area contributed by atoms with Gasteiger partial charge in [-0.05, 0) is 38.7 Å². The van der Waals surface area contributed by atoms with Crippen molar-refractivity contribution < 1.29 is 4.52 Å². The van der Waals surface area contributed by atoms with Crippen LogP contribution in [0.1, 0.15) is 49.3 Å². The number of nitrogens with zero attached hydrogens (tertiary/aromatic N) is 3. The summed E-state index contributed by atoms with van der Waals surface area (Å²) in [4.78, 5) is 7.21. The second kappa shape index (κ2) is 12.2. The molecule has 7 heteroatoms. The van der Waals surface area contributed by atoms with Gasteiger partial charge >= 0.3 is 0 Å². The molecule has 1 aromatic carbocycles. The van der Waals surface area contributed by atoms with E-state index in [0.717, 1.165) is 62.9 Å². The Hall–Kier alpha value is -1.61. The van der Waals surface area contributed by atoms with Crippen molar-refractivity contribution in [3.05, 3.63) is 52.9 Å². The Morgan fingerprint density at radius 1 is 1.24 bits per heavy atom. The fourth-order valence-electron chi connectivity index (χ4n) is 3.57. The van der Waals surface area contributed by atoms with Crippen LogP contribution in [0.4, 0.5) is 0 Å². The van der Waals surface area contributed by atoms with Crippen molar-refractivity contribution >= 4 is 29.9 Å². The van der Waals surface area contributed by atoms with Gasteiger partial charge in [-0.1, -0.05) is 41.9 Å². The van der Waals surface area contributed by atoms with Crippen molar-refractivity contribution in [2.24, 2.45) is 4.99 Å². The molecule has 6 nitrogen and oxygen atoms in total. The number of aliphatic imine (C=N–C) groups is 1. The number of benzene rings is 1. The highest BCUT2D eigenvalue weighted by molar-refractivity contribution is 14.0. The summed E-state index contributed by atoms with van der Waals surface area (Å²) in [6.07, 6.45) is 3.13. The summed E-state index contributed by atoms with van der Waals surface area (Å²) < 4.78 is 5.33. The van der Waals surface area contributed by atoms with Crippen LogP contribution in [-0.4, -0.2) is 41.7 Å². The molecule has 1 fully saturated rings. The quantitative estimate of drug-likeness (QED) is 0.336. The van der Waals surface area contributed by atoms with Crippen molar-refractivity contribution in [3.63, 3.8) is 0 Å². The molecule has 1 aliphatic rings. The molecule has 2 N–H and O–H groups in total. The third kappa shape index (κ3) is 7.62. The fourth-order valence-corrected chi connectivity index (χ4v) is 3.57. The van der Waals surface area contributed by atoms with Crippen molar-refractivity contribution in [2.75, 3.05) is 19.6 Å². The summed E-state index contributed by atoms with van der Waals surface area (Å²) in [5.74, 6) is 1.66. The Labute approximate surface area is 191 Å². The van der Waals surface area contributed by atoms with Gasteiger partial charge in [0.15, 0.2) is 11.7 Å². The van der Waals surface area contributed by atoms with Crippen LogP contribution >= 0.6 is 24.0 Å². The third-order valence-corrected chi connectivity index (χ3v) is 5.12. The summed E-state index contributed by atoms with van der Waals surface area (Å²) in [5.41, 5.74) is 3.71. The maximum atomic E-state index is 5.33. The molecule has 0 saturated carbocycles. The Bertz CT molecular complexity index is 768. The maximum Gasteiger partial charge on any atom is 0.191 e. The minimum atomic E-state index is 0. The summed E-state index contributed by atoms with van der Waals surface area (Å²) in [6, 6.07) is 11.2. The van der Waals surface area contributed by atoms with E-state index in [1.165, 1.54) is 11.1 Å². The van der Waals surface area contributed by atoms with E-state index in [1.54, 1.807) is 0 Å². The first kappa shape index (κ1) is 23.7. The molecule has 0 spiro atoms. The van der Waals surface area contributed by atoms with E-state index in [4.69, 9.17) is 4.52 Å². The van der Waals surface area contributed by atoms with Gasteiger partial charge in [0.25, 0.3) is 0 Å². The van der Waals surface area contributed by atoms with Gasteiger partial charge in [0.05, 0.1) is 5.69 Å². The first-order valence-electron chi connectivity index (χ1n) is 10.4. The normalized spacial score (nSPS) is 15.8. The number of piperidine rings is 1. The highest BCUT2D eigenvalue weighted by Crippen LogP contribution is 2.15. The number of aryl methyl sites for hydroxylation is 2. The van der Waals surface area contributed by atoms with Gasteiger partial charge in [-0.3, -0.25) is 4.90 Å². The standard InChI is InChI=1S/C22H33N5O.HI/c1-4-19-14-21(28-26-19)15-24-22(23-5-2)25-20-9-11-27(12-10-20)16-18-8-6-7-17(3)13-18;/h6-8,13-14,20H,4-5,9-12,15-16H2,1-3H3,(H2,23,24,25);1H. The smallest absolute Gasteiger partial charge is 0.191 e. The second-order valence-corrected chi connectivity index (χ2v) is 7.52. The molecule has 3 rings (SSSR count). The predicted octanol–water partition coefficient (Wildman–Crippen LogP) is 3.88. The first-order chi connectivity index (χ1) is 13.7. The molecule has 0 atom stereocenters. The van der Waals surface area contributed by atoms with Crippen LogP contribution in [0.2, 0.25) is 0 Å². The first-order valence-corrected chi connectivity index (χ1v) is 10.4. The third-order valence-electron chi connectivity index (χ3n) is 5.12. The van der Waals surface area contributed by atoms with Crippen molar-refractivity contribution in [2.45, 2.75) is 59.2 Å². The SMILES string of the molecule is CCNC(=NCc1cc(CC)no1)NC1CCN(Cc2cccc(C)c2)CC1.I. The summed E-state index contributed by atoms with van der Waals surface area (Å²) in [6.45, 7) is 10.9. The van der Waals surface area contributed by atoms with Gasteiger partial charge in [0.1, 0.15) is 6.54 Å². The number of hydrogen-bond acceptors (Lipinski definition) is 4. The van der Waals surface area contributed by atoms with Gasteiger partial charge in [-0.25, -0.2) is 4.99 Å². The number of halogens is 1. The zero-order valence-corrected chi connectivity index (χ0v) is 20.1. The average Bonchev–Trinajstić information content (AvgIpc) is 3.16. The predicted molar refractivity (Wildman–Crippen MR) is 129 cm³/mol. The van der Waals surface area contributed by atoms with Crippen molar-refractivity contribution in [1.29, 1.82) is 0 Å². The Kier molecular flexibility index (Phi) is 9.93. The highest BCUT2D eigenvalue weighted by atomic mass is 127. The number of likely N-dealkylation sites (tertiary alicyclic amines) is 1. The van der Waals surface area contributed by atoms with E-state index in [1.807, 2.05) is 6.07 Å². The molecule has 2 heterocycles. The summed E-state index contributed by atoms with van der Waals surface area (Å²) in [5, 5.41) is 11.0. The van der Waals surface area contributed by atoms with E-state index < -0.39 is 0 Å². The lowest BCUT2D eigenvalue weighted by Gasteiger charge is -2.33. The van der Waals surface area contributed by atoms with Crippen LogP contribution < -0.4 is 10.6 Å². The van der Waals surface area contributed by atoms with Crippen LogP contribution in [-0.2, 0) is 19.5 Å². The number of rotatable bonds is 7. The lowest BCUT2D eigenvalue weighted by Crippen LogP contribution is -2.48. The highest BCUT2D eigenvalue weighted by Gasteiger charge is 2.20. The Balaban J connectivity index is 0.00000300. The van der Waals surface area contributed by atoms with E-state index >= 15 is 0 Å². The molecule has 29 heavy (non-hydrogen) atoms. The fraction of sp³-hybridized carbons (Fsp3) is 0.545. The topological polar surface area (TPSA) is 65.7 Å². The van der Waals surface area contributed by atoms with E-state index in [0.29, 0.717) is 12.6 Å². The molecule has 0 aliphatic carbocycles. The van der Waals surface area contributed by atoms with Crippen LogP contribution in [0.25, 0.3) is 0 Å². The molecular weight excluding hydrogens is 477 g/mol. The molecule has 0 unspecified atom stereocenters. The van der Waals surface area contributed by atoms with E-state index in [9.17, 15) is 0 Å². The Morgan fingerprint density at radius 3 is 2.69 bits per heavy atom. The Morgan fingerprint density at radius 2 is 2.03 bits per heavy atom. The zero-order chi connectivity index (χ0) is 19.8. The van der Waals surface area contributed by atoms with Gasteiger partial charge < -0.3 is 15.2 Å². The molecule has 0 bridgehead atoms. The van der Waals surface area contributed by atoms with Crippen LogP contribution in [0, 0.1) is 6.92 Å². The largest absolute Gasteiger partial charge is 0.359 e. The molecule has 1 aromatic heterocycles. The summed E-state index contributed by atoms with van der Waals surface area (Å²) >= 11 is 0. The molecular formula is C22H34IN5O. The lowest BCUT2D eigenvalue weighted by molar-refractivity contribution is 0.198. The minimum absolute atomic E-state index is 0.